The van der Waals surface area contributed by atoms with Crippen molar-refractivity contribution in [3.05, 3.63) is 5.21 Å². The quantitative estimate of drug-likeness (QED) is 0.123. The highest BCUT2D eigenvalue weighted by Gasteiger charge is 1.95. The Morgan fingerprint density at radius 3 is 1.26 bits per heavy atom. The van der Waals surface area contributed by atoms with E-state index in [1.54, 1.807) is 0 Å². The van der Waals surface area contributed by atoms with Gasteiger partial charge in [0.2, 0.25) is 0 Å². The van der Waals surface area contributed by atoms with Gasteiger partial charge in [-0.05, 0) is 6.42 Å². The second kappa shape index (κ2) is 15.5. The van der Waals surface area contributed by atoms with Gasteiger partial charge in [-0.15, -0.1) is 0 Å². The molecule has 0 saturated carbocycles. The molecule has 0 amide bonds. The molecule has 0 aromatic rings. The van der Waals surface area contributed by atoms with Gasteiger partial charge in [0.25, 0.3) is 0 Å². The molecule has 0 unspecified atom stereocenters. The molecule has 0 rings (SSSR count). The molecule has 0 spiro atoms. The van der Waals surface area contributed by atoms with Gasteiger partial charge in [0, 0.05) is 6.42 Å². The van der Waals surface area contributed by atoms with Crippen LogP contribution < -0.4 is 0 Å². The summed E-state index contributed by atoms with van der Waals surface area (Å²) in [5.41, 5.74) is 0. The van der Waals surface area contributed by atoms with Crippen LogP contribution in [0.3, 0.4) is 0 Å². The maximum Gasteiger partial charge on any atom is 0.152 e. The highest BCUT2D eigenvalue weighted by atomic mass is 16.5. The minimum atomic E-state index is 0.595. The molecule has 0 aliphatic heterocycles. The Labute approximate surface area is 120 Å². The molecule has 19 heavy (non-hydrogen) atoms. The predicted octanol–water partition coefficient (Wildman–Crippen LogP) is 5.68. The number of hydrogen-bond acceptors (Lipinski definition) is 1. The minimum Gasteiger partial charge on any atom is -0.624 e. The number of hydroxylamine groups is 1. The first kappa shape index (κ1) is 18.5. The fourth-order valence-electron chi connectivity index (χ4n) is 2.48. The molecule has 2 nitrogen and oxygen atoms in total. The molecule has 0 atom stereocenters. The van der Waals surface area contributed by atoms with Gasteiger partial charge in [-0.3, -0.25) is 0 Å². The van der Waals surface area contributed by atoms with Crippen LogP contribution in [0.4, 0.5) is 0 Å². The van der Waals surface area contributed by atoms with Gasteiger partial charge < -0.3 is 5.21 Å². The SMILES string of the molecule is C=[N+]([O-])CCCCCCCCCCCCCCCC. The fourth-order valence-corrected chi connectivity index (χ4v) is 2.48. The Morgan fingerprint density at radius 2 is 0.947 bits per heavy atom. The molecular formula is C17H35NO. The zero-order valence-electron chi connectivity index (χ0n) is 13.2. The number of hydrogen-bond donors (Lipinski definition) is 0. The predicted molar refractivity (Wildman–Crippen MR) is 85.9 cm³/mol. The Kier molecular flexibility index (Phi) is 15.1. The average Bonchev–Trinajstić information content (AvgIpc) is 2.39. The summed E-state index contributed by atoms with van der Waals surface area (Å²) in [5.74, 6) is 0. The number of unbranched alkanes of at least 4 members (excludes halogenated alkanes) is 13. The fraction of sp³-hybridized carbons (Fsp3) is 0.941. The van der Waals surface area contributed by atoms with Gasteiger partial charge >= 0.3 is 0 Å². The van der Waals surface area contributed by atoms with Gasteiger partial charge in [0.1, 0.15) is 6.72 Å². The van der Waals surface area contributed by atoms with Crippen LogP contribution in [0.5, 0.6) is 0 Å². The zero-order chi connectivity index (χ0) is 14.2. The van der Waals surface area contributed by atoms with E-state index < -0.39 is 0 Å². The van der Waals surface area contributed by atoms with Crippen LogP contribution in [-0.4, -0.2) is 18.0 Å². The summed E-state index contributed by atoms with van der Waals surface area (Å²) in [6.07, 6.45) is 19.0. The molecule has 0 aromatic heterocycles. The number of nitrogens with zero attached hydrogens (tertiary/aromatic N) is 1. The minimum absolute atomic E-state index is 0.595. The molecule has 0 N–H and O–H groups in total. The summed E-state index contributed by atoms with van der Waals surface area (Å²) in [4.78, 5) is 0. The van der Waals surface area contributed by atoms with Crippen molar-refractivity contribution in [1.82, 2.24) is 0 Å². The topological polar surface area (TPSA) is 26.1 Å². The van der Waals surface area contributed by atoms with Crippen LogP contribution in [-0.2, 0) is 0 Å². The summed E-state index contributed by atoms with van der Waals surface area (Å²) in [7, 11) is 0. The Bertz CT molecular complexity index is 192. The maximum absolute atomic E-state index is 10.6. The van der Waals surface area contributed by atoms with Crippen molar-refractivity contribution in [2.45, 2.75) is 96.8 Å². The molecule has 2 heteroatoms. The molecule has 0 saturated heterocycles. The van der Waals surface area contributed by atoms with Crippen LogP contribution in [0, 0.1) is 5.21 Å². The van der Waals surface area contributed by atoms with E-state index in [4.69, 9.17) is 0 Å². The first-order valence-electron chi connectivity index (χ1n) is 8.52. The summed E-state index contributed by atoms with van der Waals surface area (Å²) in [5, 5.41) is 10.6. The summed E-state index contributed by atoms with van der Waals surface area (Å²) in [6.45, 7) is 6.18. The van der Waals surface area contributed by atoms with Crippen molar-refractivity contribution >= 4 is 6.72 Å². The van der Waals surface area contributed by atoms with Gasteiger partial charge in [0.15, 0.2) is 6.54 Å². The summed E-state index contributed by atoms with van der Waals surface area (Å²) in [6, 6.07) is 0. The van der Waals surface area contributed by atoms with E-state index in [1.807, 2.05) is 0 Å². The van der Waals surface area contributed by atoms with E-state index in [0.29, 0.717) is 6.54 Å². The lowest BCUT2D eigenvalue weighted by Gasteiger charge is -2.03. The molecular weight excluding hydrogens is 234 g/mol. The van der Waals surface area contributed by atoms with Gasteiger partial charge in [-0.2, -0.15) is 0 Å². The molecule has 0 aromatic carbocycles. The lowest BCUT2D eigenvalue weighted by atomic mass is 10.0. The largest absolute Gasteiger partial charge is 0.624 e. The van der Waals surface area contributed by atoms with E-state index in [-0.39, 0.29) is 0 Å². The van der Waals surface area contributed by atoms with Crippen molar-refractivity contribution in [2.24, 2.45) is 0 Å². The third-order valence-corrected chi connectivity index (χ3v) is 3.76. The van der Waals surface area contributed by atoms with Crippen molar-refractivity contribution in [3.8, 4) is 0 Å². The smallest absolute Gasteiger partial charge is 0.152 e. The standard InChI is InChI=1S/C17H35NO/c1-3-4-5-6-7-8-9-10-11-12-13-14-15-16-17-18(2)19/h2-17H2,1H3. The van der Waals surface area contributed by atoms with Crippen molar-refractivity contribution < 1.29 is 4.74 Å². The van der Waals surface area contributed by atoms with Gasteiger partial charge in [-0.1, -0.05) is 84.0 Å². The van der Waals surface area contributed by atoms with E-state index in [1.165, 1.54) is 83.5 Å². The zero-order valence-corrected chi connectivity index (χ0v) is 13.2. The molecule has 0 aliphatic carbocycles. The van der Waals surface area contributed by atoms with E-state index in [2.05, 4.69) is 13.6 Å². The van der Waals surface area contributed by atoms with E-state index in [9.17, 15) is 5.21 Å². The third-order valence-electron chi connectivity index (χ3n) is 3.76. The van der Waals surface area contributed by atoms with Gasteiger partial charge in [0.05, 0.1) is 0 Å². The lowest BCUT2D eigenvalue weighted by molar-refractivity contribution is -0.449. The highest BCUT2D eigenvalue weighted by molar-refractivity contribution is 5.14. The Morgan fingerprint density at radius 1 is 0.632 bits per heavy atom. The molecule has 0 radical (unpaired) electrons. The monoisotopic (exact) mass is 269 g/mol. The third kappa shape index (κ3) is 17.5. The second-order valence-electron chi connectivity index (χ2n) is 5.80. The Balaban J connectivity index is 2.93. The van der Waals surface area contributed by atoms with E-state index in [0.717, 1.165) is 11.2 Å². The number of rotatable bonds is 15. The second-order valence-corrected chi connectivity index (χ2v) is 5.80. The first-order valence-corrected chi connectivity index (χ1v) is 8.52. The Hall–Kier alpha value is -0.530. The maximum atomic E-state index is 10.6. The average molecular weight is 269 g/mol. The highest BCUT2D eigenvalue weighted by Crippen LogP contribution is 2.12. The summed E-state index contributed by atoms with van der Waals surface area (Å²) < 4.78 is 0.792. The van der Waals surface area contributed by atoms with E-state index >= 15 is 0 Å². The van der Waals surface area contributed by atoms with Crippen LogP contribution in [0.25, 0.3) is 0 Å². The molecule has 0 aliphatic rings. The molecule has 0 heterocycles. The van der Waals surface area contributed by atoms with Crippen molar-refractivity contribution in [1.29, 1.82) is 0 Å². The normalized spacial score (nSPS) is 10.8. The van der Waals surface area contributed by atoms with Crippen LogP contribution in [0.1, 0.15) is 96.8 Å². The lowest BCUT2D eigenvalue weighted by Crippen LogP contribution is -2.01. The van der Waals surface area contributed by atoms with Gasteiger partial charge in [-0.25, -0.2) is 4.74 Å². The molecule has 0 bridgehead atoms. The molecule has 0 fully saturated rings. The van der Waals surface area contributed by atoms with Crippen molar-refractivity contribution in [2.75, 3.05) is 6.54 Å². The molecule has 114 valence electrons. The summed E-state index contributed by atoms with van der Waals surface area (Å²) >= 11 is 0. The first-order chi connectivity index (χ1) is 9.27. The van der Waals surface area contributed by atoms with Crippen molar-refractivity contribution in [3.63, 3.8) is 0 Å². The van der Waals surface area contributed by atoms with Crippen LogP contribution in [0.2, 0.25) is 0 Å². The van der Waals surface area contributed by atoms with Crippen LogP contribution >= 0.6 is 0 Å². The van der Waals surface area contributed by atoms with Crippen LogP contribution in [0.15, 0.2) is 0 Å².